The number of hydrogen-bond acceptors (Lipinski definition) is 4. The molecule has 28 heavy (non-hydrogen) atoms. The van der Waals surface area contributed by atoms with Gasteiger partial charge in [0.1, 0.15) is 5.82 Å². The van der Waals surface area contributed by atoms with E-state index in [9.17, 15) is 4.79 Å². The van der Waals surface area contributed by atoms with Crippen molar-refractivity contribution in [1.29, 1.82) is 0 Å². The van der Waals surface area contributed by atoms with E-state index >= 15 is 0 Å². The molecule has 1 amide bonds. The predicted octanol–water partition coefficient (Wildman–Crippen LogP) is 5.20. The molecule has 0 saturated heterocycles. The quantitative estimate of drug-likeness (QED) is 0.565. The van der Waals surface area contributed by atoms with Crippen LogP contribution in [0.25, 0.3) is 0 Å². The predicted molar refractivity (Wildman–Crippen MR) is 113 cm³/mol. The van der Waals surface area contributed by atoms with Gasteiger partial charge in [0, 0.05) is 35.0 Å². The van der Waals surface area contributed by atoms with Crippen molar-refractivity contribution in [3.05, 3.63) is 70.0 Å². The third-order valence-corrected chi connectivity index (χ3v) is 6.33. The highest BCUT2D eigenvalue weighted by atomic mass is 35.5. The van der Waals surface area contributed by atoms with Crippen LogP contribution in [-0.4, -0.2) is 20.7 Å². The molecule has 1 heterocycles. The van der Waals surface area contributed by atoms with Crippen molar-refractivity contribution in [2.24, 2.45) is 7.05 Å². The third kappa shape index (κ3) is 4.23. The summed E-state index contributed by atoms with van der Waals surface area (Å²) in [6, 6.07) is 13.1. The maximum absolute atomic E-state index is 12.4. The molecule has 0 unspecified atom stereocenters. The number of nitrogens with zero attached hydrogens (tertiary/aromatic N) is 3. The van der Waals surface area contributed by atoms with Crippen LogP contribution in [0.1, 0.15) is 46.1 Å². The number of carbonyl (C=O) groups excluding carboxylic acids is 1. The summed E-state index contributed by atoms with van der Waals surface area (Å²) in [7, 11) is 2.03. The summed E-state index contributed by atoms with van der Waals surface area (Å²) in [6.45, 7) is 1.91. The molecule has 1 saturated carbocycles. The lowest BCUT2D eigenvalue weighted by atomic mass is 10.1. The Balaban J connectivity index is 1.36. The summed E-state index contributed by atoms with van der Waals surface area (Å²) in [5.41, 5.74) is 3.43. The number of hydrogen-bond donors (Lipinski definition) is 1. The summed E-state index contributed by atoms with van der Waals surface area (Å²) < 4.78 is 2.10. The fraction of sp³-hybridized carbons (Fsp3) is 0.286. The van der Waals surface area contributed by atoms with Crippen molar-refractivity contribution in [1.82, 2.24) is 14.8 Å². The Morgan fingerprint density at radius 3 is 2.64 bits per heavy atom. The minimum absolute atomic E-state index is 0.136. The molecule has 1 aliphatic carbocycles. The molecule has 7 heteroatoms. The zero-order valence-electron chi connectivity index (χ0n) is 15.8. The summed E-state index contributed by atoms with van der Waals surface area (Å²) in [6.07, 6.45) is 2.44. The fourth-order valence-electron chi connectivity index (χ4n) is 2.97. The maximum Gasteiger partial charge on any atom is 0.255 e. The Bertz CT molecular complexity index is 1010. The molecular weight excluding hydrogens is 392 g/mol. The normalized spacial score (nSPS) is 13.5. The second-order valence-corrected chi connectivity index (χ2v) is 8.43. The van der Waals surface area contributed by atoms with Gasteiger partial charge in [0.25, 0.3) is 5.91 Å². The lowest BCUT2D eigenvalue weighted by Gasteiger charge is -2.08. The Morgan fingerprint density at radius 2 is 1.96 bits per heavy atom. The van der Waals surface area contributed by atoms with Gasteiger partial charge in [-0.25, -0.2) is 0 Å². The molecule has 0 radical (unpaired) electrons. The fourth-order valence-corrected chi connectivity index (χ4v) is 3.97. The van der Waals surface area contributed by atoms with Crippen LogP contribution in [0, 0.1) is 6.92 Å². The van der Waals surface area contributed by atoms with Gasteiger partial charge >= 0.3 is 0 Å². The van der Waals surface area contributed by atoms with E-state index in [1.54, 1.807) is 23.9 Å². The highest BCUT2D eigenvalue weighted by molar-refractivity contribution is 7.98. The molecule has 3 aromatic rings. The average molecular weight is 413 g/mol. The number of thioether (sulfide) groups is 1. The van der Waals surface area contributed by atoms with E-state index in [1.165, 1.54) is 12.8 Å². The molecule has 1 N–H and O–H groups in total. The Labute approximate surface area is 173 Å². The number of rotatable bonds is 6. The van der Waals surface area contributed by atoms with Gasteiger partial charge < -0.3 is 9.88 Å². The second kappa shape index (κ2) is 7.97. The van der Waals surface area contributed by atoms with Crippen molar-refractivity contribution >= 4 is 35.0 Å². The van der Waals surface area contributed by atoms with Crippen LogP contribution in [0.5, 0.6) is 0 Å². The molecule has 0 atom stereocenters. The number of aromatic nitrogens is 3. The summed E-state index contributed by atoms with van der Waals surface area (Å²) >= 11 is 7.69. The monoisotopic (exact) mass is 412 g/mol. The molecule has 4 rings (SSSR count). The standard InChI is InChI=1S/C21H21ClN4OS/c1-13-11-17(9-10-18(13)22)23-20(27)16-5-3-14(4-6-16)12-28-21-25-24-19(26(21)2)15-7-8-15/h3-6,9-11,15H,7-8,12H2,1-2H3,(H,23,27). The van der Waals surface area contributed by atoms with E-state index in [1.807, 2.05) is 44.3 Å². The minimum Gasteiger partial charge on any atom is -0.322 e. The van der Waals surface area contributed by atoms with Crippen molar-refractivity contribution in [2.45, 2.75) is 36.6 Å². The SMILES string of the molecule is Cc1cc(NC(=O)c2ccc(CSc3nnc(C4CC4)n3C)cc2)ccc1Cl. The van der Waals surface area contributed by atoms with E-state index in [0.29, 0.717) is 16.5 Å². The van der Waals surface area contributed by atoms with E-state index in [4.69, 9.17) is 11.6 Å². The van der Waals surface area contributed by atoms with Crippen LogP contribution in [0.3, 0.4) is 0 Å². The number of anilines is 1. The summed E-state index contributed by atoms with van der Waals surface area (Å²) in [4.78, 5) is 12.4. The number of carbonyl (C=O) groups is 1. The number of aryl methyl sites for hydroxylation is 1. The van der Waals surface area contributed by atoms with Crippen molar-refractivity contribution in [3.63, 3.8) is 0 Å². The van der Waals surface area contributed by atoms with Gasteiger partial charge in [0.15, 0.2) is 5.16 Å². The van der Waals surface area contributed by atoms with E-state index in [-0.39, 0.29) is 5.91 Å². The largest absolute Gasteiger partial charge is 0.322 e. The smallest absolute Gasteiger partial charge is 0.255 e. The van der Waals surface area contributed by atoms with Gasteiger partial charge in [0.2, 0.25) is 0 Å². The number of nitrogens with one attached hydrogen (secondary N) is 1. The number of amides is 1. The highest BCUT2D eigenvalue weighted by Gasteiger charge is 2.29. The molecule has 0 aliphatic heterocycles. The first-order valence-electron chi connectivity index (χ1n) is 9.20. The third-order valence-electron chi connectivity index (χ3n) is 4.81. The number of benzene rings is 2. The van der Waals surface area contributed by atoms with Crippen LogP contribution >= 0.6 is 23.4 Å². The van der Waals surface area contributed by atoms with Crippen molar-refractivity contribution in [2.75, 3.05) is 5.32 Å². The van der Waals surface area contributed by atoms with Gasteiger partial charge in [-0.15, -0.1) is 10.2 Å². The van der Waals surface area contributed by atoms with E-state index in [2.05, 4.69) is 20.1 Å². The molecule has 0 bridgehead atoms. The van der Waals surface area contributed by atoms with Crippen LogP contribution in [0.4, 0.5) is 5.69 Å². The zero-order chi connectivity index (χ0) is 19.7. The molecule has 1 fully saturated rings. The van der Waals surface area contributed by atoms with Crippen LogP contribution < -0.4 is 5.32 Å². The molecule has 2 aromatic carbocycles. The molecule has 1 aliphatic rings. The molecule has 144 valence electrons. The summed E-state index contributed by atoms with van der Waals surface area (Å²) in [5, 5.41) is 13.1. The first-order valence-corrected chi connectivity index (χ1v) is 10.6. The minimum atomic E-state index is -0.136. The van der Waals surface area contributed by atoms with Gasteiger partial charge in [-0.05, 0) is 61.2 Å². The maximum atomic E-state index is 12.4. The molecule has 0 spiro atoms. The average Bonchev–Trinajstić information content (AvgIpc) is 3.46. The van der Waals surface area contributed by atoms with E-state index < -0.39 is 0 Å². The Morgan fingerprint density at radius 1 is 1.21 bits per heavy atom. The Hall–Kier alpha value is -2.31. The van der Waals surface area contributed by atoms with Crippen molar-refractivity contribution in [3.8, 4) is 0 Å². The van der Waals surface area contributed by atoms with Gasteiger partial charge in [-0.1, -0.05) is 35.5 Å². The van der Waals surface area contributed by atoms with Gasteiger partial charge in [0.05, 0.1) is 0 Å². The van der Waals surface area contributed by atoms with E-state index in [0.717, 1.165) is 33.5 Å². The van der Waals surface area contributed by atoms with Crippen LogP contribution in [0.2, 0.25) is 5.02 Å². The Kier molecular flexibility index (Phi) is 5.42. The topological polar surface area (TPSA) is 59.8 Å². The first-order chi connectivity index (χ1) is 13.5. The zero-order valence-corrected chi connectivity index (χ0v) is 17.3. The first kappa shape index (κ1) is 19.0. The summed E-state index contributed by atoms with van der Waals surface area (Å²) in [5.74, 6) is 2.33. The lowest BCUT2D eigenvalue weighted by molar-refractivity contribution is 0.102. The number of halogens is 1. The molecule has 5 nitrogen and oxygen atoms in total. The molecular formula is C21H21ClN4OS. The van der Waals surface area contributed by atoms with Gasteiger partial charge in [-0.3, -0.25) is 4.79 Å². The highest BCUT2D eigenvalue weighted by Crippen LogP contribution is 2.39. The van der Waals surface area contributed by atoms with Crippen LogP contribution in [0.15, 0.2) is 47.6 Å². The van der Waals surface area contributed by atoms with Crippen molar-refractivity contribution < 1.29 is 4.79 Å². The van der Waals surface area contributed by atoms with Gasteiger partial charge in [-0.2, -0.15) is 0 Å². The lowest BCUT2D eigenvalue weighted by Crippen LogP contribution is -2.11. The second-order valence-electron chi connectivity index (χ2n) is 7.08. The van der Waals surface area contributed by atoms with Crippen LogP contribution in [-0.2, 0) is 12.8 Å². The molecule has 1 aromatic heterocycles.